The van der Waals surface area contributed by atoms with Gasteiger partial charge in [0.25, 0.3) is 11.8 Å². The molecule has 0 bridgehead atoms. The van der Waals surface area contributed by atoms with Gasteiger partial charge in [0.15, 0.2) is 0 Å². The number of hydrogen-bond acceptors (Lipinski definition) is 3. The highest BCUT2D eigenvalue weighted by molar-refractivity contribution is 7.98. The lowest BCUT2D eigenvalue weighted by molar-refractivity contribution is 0.0922. The Kier molecular flexibility index (Phi) is 6.78. The highest BCUT2D eigenvalue weighted by Crippen LogP contribution is 2.22. The van der Waals surface area contributed by atoms with E-state index >= 15 is 0 Å². The Balaban J connectivity index is 1.89. The smallest absolute Gasteiger partial charge is 0.257 e. The molecule has 0 aliphatic rings. The molecule has 0 saturated heterocycles. The van der Waals surface area contributed by atoms with Crippen LogP contribution in [0, 0.1) is 11.6 Å². The third-order valence-electron chi connectivity index (χ3n) is 3.30. The van der Waals surface area contributed by atoms with Crippen molar-refractivity contribution in [1.82, 2.24) is 10.6 Å². The summed E-state index contributed by atoms with van der Waals surface area (Å²) in [5, 5.41) is 5.26. The van der Waals surface area contributed by atoms with Gasteiger partial charge in [0.05, 0.1) is 10.6 Å². The third-order valence-corrected chi connectivity index (χ3v) is 4.36. The summed E-state index contributed by atoms with van der Waals surface area (Å²) < 4.78 is 27.0. The monoisotopic (exact) mass is 384 g/mol. The van der Waals surface area contributed by atoms with Crippen molar-refractivity contribution >= 4 is 35.2 Å². The average molecular weight is 385 g/mol. The Labute approximate surface area is 152 Å². The van der Waals surface area contributed by atoms with E-state index in [-0.39, 0.29) is 13.1 Å². The Hall–Kier alpha value is -2.12. The van der Waals surface area contributed by atoms with E-state index in [1.54, 1.807) is 18.2 Å². The molecule has 0 aliphatic carbocycles. The Morgan fingerprint density at radius 3 is 2.24 bits per heavy atom. The summed E-state index contributed by atoms with van der Waals surface area (Å²) in [5.41, 5.74) is -0.329. The van der Waals surface area contributed by atoms with Crippen molar-refractivity contribution in [2.75, 3.05) is 19.3 Å². The standard InChI is InChI=1S/C17H15ClF2N2O2S/c1-25-10-5-6-12(18)11(9-10)16(23)21-7-8-22-17(24)15-13(19)3-2-4-14(15)20/h2-6,9H,7-8H2,1H3,(H,21,23)(H,22,24). The summed E-state index contributed by atoms with van der Waals surface area (Å²) in [6, 6.07) is 8.27. The van der Waals surface area contributed by atoms with Gasteiger partial charge in [0.1, 0.15) is 17.2 Å². The average Bonchev–Trinajstić information content (AvgIpc) is 2.58. The normalized spacial score (nSPS) is 10.4. The lowest BCUT2D eigenvalue weighted by Crippen LogP contribution is -2.35. The van der Waals surface area contributed by atoms with Crippen LogP contribution in [0.3, 0.4) is 0 Å². The van der Waals surface area contributed by atoms with E-state index in [4.69, 9.17) is 11.6 Å². The van der Waals surface area contributed by atoms with Gasteiger partial charge in [-0.25, -0.2) is 8.78 Å². The molecule has 0 unspecified atom stereocenters. The van der Waals surface area contributed by atoms with Gasteiger partial charge >= 0.3 is 0 Å². The first kappa shape index (κ1) is 19.2. The molecule has 2 aromatic carbocycles. The Morgan fingerprint density at radius 1 is 1.04 bits per heavy atom. The van der Waals surface area contributed by atoms with Gasteiger partial charge in [-0.3, -0.25) is 9.59 Å². The SMILES string of the molecule is CSc1ccc(Cl)c(C(=O)NCCNC(=O)c2c(F)cccc2F)c1. The molecule has 25 heavy (non-hydrogen) atoms. The fraction of sp³-hybridized carbons (Fsp3) is 0.176. The molecule has 0 fully saturated rings. The largest absolute Gasteiger partial charge is 0.350 e. The molecule has 0 heterocycles. The van der Waals surface area contributed by atoms with Crippen molar-refractivity contribution < 1.29 is 18.4 Å². The number of amides is 2. The minimum Gasteiger partial charge on any atom is -0.350 e. The molecule has 2 amide bonds. The van der Waals surface area contributed by atoms with Crippen LogP contribution in [0.4, 0.5) is 8.78 Å². The van der Waals surface area contributed by atoms with Crippen LogP contribution in [0.15, 0.2) is 41.3 Å². The number of carbonyl (C=O) groups is 2. The van der Waals surface area contributed by atoms with Crippen LogP contribution in [0.25, 0.3) is 0 Å². The van der Waals surface area contributed by atoms with E-state index in [1.165, 1.54) is 17.8 Å². The summed E-state index contributed by atoms with van der Waals surface area (Å²) in [4.78, 5) is 24.8. The number of nitrogens with one attached hydrogen (secondary N) is 2. The molecule has 8 heteroatoms. The molecule has 132 valence electrons. The van der Waals surface area contributed by atoms with E-state index in [0.29, 0.717) is 10.6 Å². The molecule has 0 atom stereocenters. The van der Waals surface area contributed by atoms with Gasteiger partial charge < -0.3 is 10.6 Å². The maximum absolute atomic E-state index is 13.5. The molecule has 2 aromatic rings. The highest BCUT2D eigenvalue weighted by atomic mass is 35.5. The molecular weight excluding hydrogens is 370 g/mol. The molecule has 0 spiro atoms. The zero-order valence-electron chi connectivity index (χ0n) is 13.2. The van der Waals surface area contributed by atoms with E-state index in [9.17, 15) is 18.4 Å². The molecule has 0 aliphatic heterocycles. The van der Waals surface area contributed by atoms with E-state index in [1.807, 2.05) is 6.26 Å². The molecule has 2 rings (SSSR count). The number of halogens is 3. The van der Waals surface area contributed by atoms with E-state index in [2.05, 4.69) is 10.6 Å². The molecule has 4 nitrogen and oxygen atoms in total. The summed E-state index contributed by atoms with van der Waals surface area (Å²) >= 11 is 7.48. The van der Waals surface area contributed by atoms with Crippen molar-refractivity contribution in [3.63, 3.8) is 0 Å². The first-order chi connectivity index (χ1) is 11.9. The second-order valence-corrected chi connectivity index (χ2v) is 6.24. The molecule has 0 radical (unpaired) electrons. The lowest BCUT2D eigenvalue weighted by atomic mass is 10.2. The van der Waals surface area contributed by atoms with Gasteiger partial charge in [0.2, 0.25) is 0 Å². The van der Waals surface area contributed by atoms with E-state index < -0.39 is 29.0 Å². The van der Waals surface area contributed by atoms with Gasteiger partial charge in [-0.05, 0) is 36.6 Å². The van der Waals surface area contributed by atoms with Crippen LogP contribution >= 0.6 is 23.4 Å². The van der Waals surface area contributed by atoms with Crippen LogP contribution in [0.1, 0.15) is 20.7 Å². The fourth-order valence-corrected chi connectivity index (χ4v) is 2.70. The van der Waals surface area contributed by atoms with Crippen molar-refractivity contribution in [2.45, 2.75) is 4.90 Å². The Bertz CT molecular complexity index is 782. The van der Waals surface area contributed by atoms with Gasteiger partial charge in [-0.15, -0.1) is 11.8 Å². The third kappa shape index (κ3) is 4.93. The predicted octanol–water partition coefficient (Wildman–Crippen LogP) is 3.50. The van der Waals surface area contributed by atoms with E-state index in [0.717, 1.165) is 17.0 Å². The topological polar surface area (TPSA) is 58.2 Å². The number of carbonyl (C=O) groups excluding carboxylic acids is 2. The van der Waals surface area contributed by atoms with Crippen molar-refractivity contribution in [3.05, 3.63) is 64.2 Å². The van der Waals surface area contributed by atoms with Gasteiger partial charge in [-0.2, -0.15) is 0 Å². The highest BCUT2D eigenvalue weighted by Gasteiger charge is 2.16. The number of benzene rings is 2. The van der Waals surface area contributed by atoms with Crippen molar-refractivity contribution in [1.29, 1.82) is 0 Å². The maximum Gasteiger partial charge on any atom is 0.257 e. The van der Waals surface area contributed by atoms with Gasteiger partial charge in [-0.1, -0.05) is 17.7 Å². The summed E-state index contributed by atoms with van der Waals surface area (Å²) in [7, 11) is 0. The second-order valence-electron chi connectivity index (χ2n) is 4.95. The van der Waals surface area contributed by atoms with Crippen molar-refractivity contribution in [3.8, 4) is 0 Å². The van der Waals surface area contributed by atoms with Crippen LogP contribution < -0.4 is 10.6 Å². The first-order valence-electron chi connectivity index (χ1n) is 7.28. The number of hydrogen-bond donors (Lipinski definition) is 2. The zero-order valence-corrected chi connectivity index (χ0v) is 14.8. The number of thioether (sulfide) groups is 1. The summed E-state index contributed by atoms with van der Waals surface area (Å²) in [5.74, 6) is -3.16. The molecule has 0 saturated carbocycles. The first-order valence-corrected chi connectivity index (χ1v) is 8.88. The van der Waals surface area contributed by atoms with Gasteiger partial charge in [0, 0.05) is 18.0 Å². The number of rotatable bonds is 6. The molecule has 0 aromatic heterocycles. The summed E-state index contributed by atoms with van der Waals surface area (Å²) in [6.45, 7) is 0.0959. The maximum atomic E-state index is 13.5. The Morgan fingerprint density at radius 2 is 1.64 bits per heavy atom. The van der Waals surface area contributed by atoms with Crippen LogP contribution in [-0.2, 0) is 0 Å². The van der Waals surface area contributed by atoms with Crippen molar-refractivity contribution in [2.24, 2.45) is 0 Å². The van der Waals surface area contributed by atoms with Crippen LogP contribution in [0.5, 0.6) is 0 Å². The molecular formula is C17H15ClF2N2O2S. The lowest BCUT2D eigenvalue weighted by Gasteiger charge is -2.10. The predicted molar refractivity (Wildman–Crippen MR) is 94.3 cm³/mol. The second kappa shape index (κ2) is 8.82. The zero-order chi connectivity index (χ0) is 18.4. The fourth-order valence-electron chi connectivity index (χ4n) is 2.06. The van der Waals surface area contributed by atoms with Crippen LogP contribution in [0.2, 0.25) is 5.02 Å². The van der Waals surface area contributed by atoms with Crippen LogP contribution in [-0.4, -0.2) is 31.2 Å². The minimum absolute atomic E-state index is 0.0121. The summed E-state index contributed by atoms with van der Waals surface area (Å²) in [6.07, 6.45) is 1.88. The quantitative estimate of drug-likeness (QED) is 0.592. The molecule has 2 N–H and O–H groups in total. The minimum atomic E-state index is -0.942.